The van der Waals surface area contributed by atoms with Crippen LogP contribution in [0.5, 0.6) is 0 Å². The van der Waals surface area contributed by atoms with Crippen LogP contribution in [0.25, 0.3) is 22.4 Å². The van der Waals surface area contributed by atoms with E-state index in [1.807, 2.05) is 30.3 Å². The zero-order valence-electron chi connectivity index (χ0n) is 11.7. The Bertz CT molecular complexity index is 889. The normalized spacial score (nSPS) is 11.9. The highest BCUT2D eigenvalue weighted by molar-refractivity contribution is 7.89. The van der Waals surface area contributed by atoms with E-state index in [0.29, 0.717) is 16.9 Å². The number of fused-ring (bicyclic) bond motifs is 1. The molecule has 2 aromatic carbocycles. The predicted molar refractivity (Wildman–Crippen MR) is 83.8 cm³/mol. The number of aromatic amines is 1. The van der Waals surface area contributed by atoms with E-state index in [1.165, 1.54) is 12.1 Å². The van der Waals surface area contributed by atoms with Gasteiger partial charge in [-0.25, -0.2) is 18.1 Å². The molecule has 0 saturated heterocycles. The van der Waals surface area contributed by atoms with Gasteiger partial charge in [0, 0.05) is 12.1 Å². The summed E-state index contributed by atoms with van der Waals surface area (Å²) in [6.45, 7) is -0.262. The summed E-state index contributed by atoms with van der Waals surface area (Å²) < 4.78 is 26.4. The number of sulfonamides is 1. The fraction of sp³-hybridized carbons (Fsp3) is 0.133. The Hall–Kier alpha value is -2.22. The summed E-state index contributed by atoms with van der Waals surface area (Å²) in [4.78, 5) is 7.72. The Morgan fingerprint density at radius 3 is 2.64 bits per heavy atom. The molecular weight excluding hydrogens is 302 g/mol. The molecule has 0 radical (unpaired) electrons. The van der Waals surface area contributed by atoms with Crippen molar-refractivity contribution in [2.24, 2.45) is 0 Å². The Balaban J connectivity index is 2.01. The molecule has 114 valence electrons. The highest BCUT2D eigenvalue weighted by Crippen LogP contribution is 2.22. The topological polar surface area (TPSA) is 95.1 Å². The molecule has 7 heteroatoms. The molecule has 0 spiro atoms. The first-order valence-corrected chi connectivity index (χ1v) is 8.24. The van der Waals surface area contributed by atoms with Crippen molar-refractivity contribution < 1.29 is 13.5 Å². The Kier molecular flexibility index (Phi) is 3.93. The largest absolute Gasteiger partial charge is 0.395 e. The van der Waals surface area contributed by atoms with Gasteiger partial charge in [-0.15, -0.1) is 0 Å². The van der Waals surface area contributed by atoms with E-state index in [9.17, 15) is 8.42 Å². The number of hydrogen-bond donors (Lipinski definition) is 3. The van der Waals surface area contributed by atoms with E-state index in [1.54, 1.807) is 6.07 Å². The Labute approximate surface area is 127 Å². The summed E-state index contributed by atoms with van der Waals surface area (Å²) in [6, 6.07) is 14.3. The van der Waals surface area contributed by atoms with Crippen molar-refractivity contribution in [3.8, 4) is 11.4 Å². The smallest absolute Gasteiger partial charge is 0.240 e. The number of nitrogens with zero attached hydrogens (tertiary/aromatic N) is 1. The lowest BCUT2D eigenvalue weighted by atomic mass is 10.2. The maximum absolute atomic E-state index is 12.1. The van der Waals surface area contributed by atoms with Gasteiger partial charge in [0.15, 0.2) is 0 Å². The van der Waals surface area contributed by atoms with Gasteiger partial charge in [-0.2, -0.15) is 0 Å². The van der Waals surface area contributed by atoms with Crippen LogP contribution in [0.4, 0.5) is 0 Å². The Morgan fingerprint density at radius 1 is 1.14 bits per heavy atom. The molecule has 0 fully saturated rings. The van der Waals surface area contributed by atoms with Crippen LogP contribution < -0.4 is 4.72 Å². The van der Waals surface area contributed by atoms with Gasteiger partial charge in [0.2, 0.25) is 10.0 Å². The van der Waals surface area contributed by atoms with E-state index in [2.05, 4.69) is 14.7 Å². The number of aromatic nitrogens is 2. The van der Waals surface area contributed by atoms with Gasteiger partial charge in [-0.3, -0.25) is 0 Å². The number of hydrogen-bond acceptors (Lipinski definition) is 4. The van der Waals surface area contributed by atoms with Crippen LogP contribution in [0.3, 0.4) is 0 Å². The number of benzene rings is 2. The maximum atomic E-state index is 12.1. The second-order valence-corrected chi connectivity index (χ2v) is 6.52. The highest BCUT2D eigenvalue weighted by Gasteiger charge is 2.15. The molecule has 0 saturated carbocycles. The monoisotopic (exact) mass is 317 g/mol. The third-order valence-electron chi connectivity index (χ3n) is 3.21. The molecular formula is C15H15N3O3S. The molecule has 0 aliphatic carbocycles. The fourth-order valence-electron chi connectivity index (χ4n) is 2.15. The lowest BCUT2D eigenvalue weighted by molar-refractivity contribution is 0.301. The summed E-state index contributed by atoms with van der Waals surface area (Å²) in [6.07, 6.45) is 0. The van der Waals surface area contributed by atoms with Crippen LogP contribution in [0.1, 0.15) is 0 Å². The van der Waals surface area contributed by atoms with Crippen molar-refractivity contribution in [1.82, 2.24) is 14.7 Å². The van der Waals surface area contributed by atoms with Crippen LogP contribution in [-0.4, -0.2) is 36.6 Å². The molecule has 1 heterocycles. The minimum atomic E-state index is -3.63. The van der Waals surface area contributed by atoms with Gasteiger partial charge < -0.3 is 10.1 Å². The zero-order chi connectivity index (χ0) is 15.6. The first-order chi connectivity index (χ1) is 10.6. The van der Waals surface area contributed by atoms with E-state index >= 15 is 0 Å². The molecule has 0 aliphatic rings. The number of H-pyrrole nitrogens is 1. The van der Waals surface area contributed by atoms with Gasteiger partial charge >= 0.3 is 0 Å². The van der Waals surface area contributed by atoms with Gasteiger partial charge in [0.25, 0.3) is 0 Å². The quantitative estimate of drug-likeness (QED) is 0.664. The number of aliphatic hydroxyl groups excluding tert-OH is 1. The van der Waals surface area contributed by atoms with Crippen molar-refractivity contribution in [2.75, 3.05) is 13.2 Å². The Morgan fingerprint density at radius 2 is 1.91 bits per heavy atom. The minimum absolute atomic E-state index is 0.0153. The number of nitrogens with one attached hydrogen (secondary N) is 2. The number of imidazole rings is 1. The van der Waals surface area contributed by atoms with Crippen LogP contribution in [0.2, 0.25) is 0 Å². The van der Waals surface area contributed by atoms with Gasteiger partial charge in [-0.1, -0.05) is 30.3 Å². The average molecular weight is 317 g/mol. The second-order valence-electron chi connectivity index (χ2n) is 4.75. The number of rotatable bonds is 5. The third kappa shape index (κ3) is 2.87. The van der Waals surface area contributed by atoms with E-state index < -0.39 is 10.0 Å². The first-order valence-electron chi connectivity index (χ1n) is 6.76. The molecule has 0 aliphatic heterocycles. The van der Waals surface area contributed by atoms with E-state index in [4.69, 9.17) is 5.11 Å². The third-order valence-corrected chi connectivity index (χ3v) is 4.67. The summed E-state index contributed by atoms with van der Waals surface area (Å²) in [5.41, 5.74) is 2.27. The summed E-state index contributed by atoms with van der Waals surface area (Å²) >= 11 is 0. The molecule has 0 bridgehead atoms. The SMILES string of the molecule is O=S(=O)(NCCO)c1ccc2nc(-c3ccccc3)[nH]c2c1. The van der Waals surface area contributed by atoms with Crippen molar-refractivity contribution >= 4 is 21.1 Å². The standard InChI is InChI=1S/C15H15N3O3S/c19-9-8-16-22(20,21)12-6-7-13-14(10-12)18-15(17-13)11-4-2-1-3-5-11/h1-7,10,16,19H,8-9H2,(H,17,18). The molecule has 0 atom stereocenters. The summed E-state index contributed by atoms with van der Waals surface area (Å²) in [5.74, 6) is 0.688. The minimum Gasteiger partial charge on any atom is -0.395 e. The van der Waals surface area contributed by atoms with Crippen LogP contribution in [0.15, 0.2) is 53.4 Å². The highest BCUT2D eigenvalue weighted by atomic mass is 32.2. The van der Waals surface area contributed by atoms with Gasteiger partial charge in [0.05, 0.1) is 22.5 Å². The van der Waals surface area contributed by atoms with Crippen molar-refractivity contribution in [2.45, 2.75) is 4.90 Å². The van der Waals surface area contributed by atoms with E-state index in [-0.39, 0.29) is 18.0 Å². The lowest BCUT2D eigenvalue weighted by Gasteiger charge is -2.04. The second kappa shape index (κ2) is 5.88. The summed E-state index contributed by atoms with van der Waals surface area (Å²) in [7, 11) is -3.63. The molecule has 0 unspecified atom stereocenters. The fourth-order valence-corrected chi connectivity index (χ4v) is 3.20. The van der Waals surface area contributed by atoms with Gasteiger partial charge in [0.1, 0.15) is 5.82 Å². The molecule has 6 nitrogen and oxygen atoms in total. The molecule has 22 heavy (non-hydrogen) atoms. The number of aliphatic hydroxyl groups is 1. The molecule has 0 amide bonds. The predicted octanol–water partition coefficient (Wildman–Crippen LogP) is 1.50. The maximum Gasteiger partial charge on any atom is 0.240 e. The van der Waals surface area contributed by atoms with Crippen molar-refractivity contribution in [3.63, 3.8) is 0 Å². The van der Waals surface area contributed by atoms with Crippen molar-refractivity contribution in [1.29, 1.82) is 0 Å². The molecule has 1 aromatic heterocycles. The van der Waals surface area contributed by atoms with Gasteiger partial charge in [-0.05, 0) is 18.2 Å². The molecule has 3 aromatic rings. The van der Waals surface area contributed by atoms with E-state index in [0.717, 1.165) is 5.56 Å². The van der Waals surface area contributed by atoms with Crippen LogP contribution in [-0.2, 0) is 10.0 Å². The van der Waals surface area contributed by atoms with Crippen LogP contribution >= 0.6 is 0 Å². The molecule has 3 N–H and O–H groups in total. The summed E-state index contributed by atoms with van der Waals surface area (Å²) in [5, 5.41) is 8.73. The zero-order valence-corrected chi connectivity index (χ0v) is 12.5. The van der Waals surface area contributed by atoms with Crippen molar-refractivity contribution in [3.05, 3.63) is 48.5 Å². The average Bonchev–Trinajstić information content (AvgIpc) is 2.97. The van der Waals surface area contributed by atoms with Crippen LogP contribution in [0, 0.1) is 0 Å². The molecule has 3 rings (SSSR count). The lowest BCUT2D eigenvalue weighted by Crippen LogP contribution is -2.26. The first kappa shape index (κ1) is 14.7.